The van der Waals surface area contributed by atoms with Crippen LogP contribution in [0.3, 0.4) is 0 Å². The predicted molar refractivity (Wildman–Crippen MR) is 65.0 cm³/mol. The molecule has 0 rings (SSSR count). The molecule has 0 aliphatic carbocycles. The van der Waals surface area contributed by atoms with Gasteiger partial charge in [-0.15, -0.1) is 0 Å². The molecule has 0 unspecified atom stereocenters. The third-order valence-corrected chi connectivity index (χ3v) is 2.08. The average Bonchev–Trinajstić information content (AvgIpc) is 2.23. The van der Waals surface area contributed by atoms with Gasteiger partial charge in [-0.25, -0.2) is 0 Å². The topological polar surface area (TPSA) is 58.2 Å². The van der Waals surface area contributed by atoms with Crippen molar-refractivity contribution in [2.75, 3.05) is 13.1 Å². The Balaban J connectivity index is 3.31. The molecule has 92 valence electrons. The van der Waals surface area contributed by atoms with Crippen LogP contribution in [-0.2, 0) is 9.59 Å². The molecule has 2 N–H and O–H groups in total. The molecule has 0 atom stereocenters. The molecule has 0 aromatic heterocycles. The summed E-state index contributed by atoms with van der Waals surface area (Å²) in [5.41, 5.74) is 0.524. The lowest BCUT2D eigenvalue weighted by Gasteiger charge is -2.05. The summed E-state index contributed by atoms with van der Waals surface area (Å²) in [6.07, 6.45) is 3.21. The van der Waals surface area contributed by atoms with E-state index in [9.17, 15) is 9.59 Å². The maximum atomic E-state index is 11.1. The second-order valence-electron chi connectivity index (χ2n) is 3.84. The van der Waals surface area contributed by atoms with E-state index in [0.717, 1.165) is 19.3 Å². The van der Waals surface area contributed by atoms with Crippen molar-refractivity contribution in [1.82, 2.24) is 10.6 Å². The molecule has 0 aliphatic rings. The van der Waals surface area contributed by atoms with Crippen molar-refractivity contribution in [1.29, 1.82) is 0 Å². The molecular weight excluding hydrogens is 204 g/mol. The molecule has 4 heteroatoms. The van der Waals surface area contributed by atoms with Gasteiger partial charge in [0.25, 0.3) is 0 Å². The van der Waals surface area contributed by atoms with Gasteiger partial charge in [-0.05, 0) is 26.2 Å². The Morgan fingerprint density at radius 1 is 1.12 bits per heavy atom. The summed E-state index contributed by atoms with van der Waals surface area (Å²) in [6, 6.07) is 0. The molecule has 0 radical (unpaired) electrons. The summed E-state index contributed by atoms with van der Waals surface area (Å²) in [6.45, 7) is 8.52. The fraction of sp³-hybridized carbons (Fsp3) is 0.667. The van der Waals surface area contributed by atoms with E-state index in [1.807, 2.05) is 6.92 Å². The van der Waals surface area contributed by atoms with Crippen LogP contribution in [0, 0.1) is 0 Å². The Bertz CT molecular complexity index is 249. The minimum Gasteiger partial charge on any atom is -0.356 e. The normalized spacial score (nSPS) is 9.62. The van der Waals surface area contributed by atoms with Crippen LogP contribution in [0.1, 0.15) is 39.5 Å². The quantitative estimate of drug-likeness (QED) is 0.485. The molecule has 0 fully saturated rings. The largest absolute Gasteiger partial charge is 0.356 e. The summed E-state index contributed by atoms with van der Waals surface area (Å²) < 4.78 is 0. The summed E-state index contributed by atoms with van der Waals surface area (Å²) in [7, 11) is 0. The van der Waals surface area contributed by atoms with Crippen molar-refractivity contribution in [3.63, 3.8) is 0 Å². The van der Waals surface area contributed by atoms with E-state index >= 15 is 0 Å². The molecule has 0 spiro atoms. The van der Waals surface area contributed by atoms with Crippen LogP contribution in [-0.4, -0.2) is 24.9 Å². The zero-order chi connectivity index (χ0) is 12.4. The van der Waals surface area contributed by atoms with Gasteiger partial charge < -0.3 is 10.6 Å². The molecule has 0 heterocycles. The van der Waals surface area contributed by atoms with Gasteiger partial charge in [0.05, 0.1) is 0 Å². The summed E-state index contributed by atoms with van der Waals surface area (Å²) >= 11 is 0. The van der Waals surface area contributed by atoms with Crippen molar-refractivity contribution >= 4 is 11.8 Å². The first-order valence-corrected chi connectivity index (χ1v) is 5.78. The maximum Gasteiger partial charge on any atom is 0.246 e. The fourth-order valence-electron chi connectivity index (χ4n) is 1.15. The van der Waals surface area contributed by atoms with Crippen LogP contribution < -0.4 is 10.6 Å². The number of hydrogen-bond acceptors (Lipinski definition) is 2. The van der Waals surface area contributed by atoms with Crippen LogP contribution in [0.15, 0.2) is 12.2 Å². The Morgan fingerprint density at radius 3 is 2.19 bits per heavy atom. The van der Waals surface area contributed by atoms with Crippen LogP contribution in [0.25, 0.3) is 0 Å². The number of rotatable bonds is 8. The maximum absolute atomic E-state index is 11.1. The van der Waals surface area contributed by atoms with Gasteiger partial charge >= 0.3 is 0 Å². The highest BCUT2D eigenvalue weighted by molar-refractivity contribution is 5.91. The molecule has 0 aliphatic heterocycles. The van der Waals surface area contributed by atoms with Crippen molar-refractivity contribution in [3.8, 4) is 0 Å². The number of amides is 2. The first kappa shape index (κ1) is 14.7. The van der Waals surface area contributed by atoms with Gasteiger partial charge in [-0.3, -0.25) is 9.59 Å². The SMILES string of the molecule is C=C(C)C(=O)NCCCCNC(=O)CCC. The zero-order valence-electron chi connectivity index (χ0n) is 10.3. The predicted octanol–water partition coefficient (Wildman–Crippen LogP) is 1.38. The Labute approximate surface area is 97.5 Å². The van der Waals surface area contributed by atoms with Gasteiger partial charge in [-0.2, -0.15) is 0 Å². The first-order chi connectivity index (χ1) is 7.57. The van der Waals surface area contributed by atoms with E-state index in [0.29, 0.717) is 25.1 Å². The standard InChI is InChI=1S/C12H22N2O2/c1-4-7-11(15)13-8-5-6-9-14-12(16)10(2)3/h2,4-9H2,1,3H3,(H,13,15)(H,14,16). The number of unbranched alkanes of at least 4 members (excludes halogenated alkanes) is 1. The third kappa shape index (κ3) is 8.03. The van der Waals surface area contributed by atoms with Crippen LogP contribution >= 0.6 is 0 Å². The van der Waals surface area contributed by atoms with Gasteiger partial charge in [0.15, 0.2) is 0 Å². The molecular formula is C12H22N2O2. The minimum atomic E-state index is -0.102. The molecule has 0 bridgehead atoms. The van der Waals surface area contributed by atoms with Crippen LogP contribution in [0.5, 0.6) is 0 Å². The minimum absolute atomic E-state index is 0.102. The van der Waals surface area contributed by atoms with E-state index in [4.69, 9.17) is 0 Å². The lowest BCUT2D eigenvalue weighted by atomic mass is 10.2. The molecule has 0 saturated carbocycles. The fourth-order valence-corrected chi connectivity index (χ4v) is 1.15. The zero-order valence-corrected chi connectivity index (χ0v) is 10.3. The second-order valence-corrected chi connectivity index (χ2v) is 3.84. The van der Waals surface area contributed by atoms with Crippen molar-refractivity contribution in [2.24, 2.45) is 0 Å². The summed E-state index contributed by atoms with van der Waals surface area (Å²) in [5, 5.41) is 5.57. The lowest BCUT2D eigenvalue weighted by molar-refractivity contribution is -0.121. The van der Waals surface area contributed by atoms with Gasteiger partial charge in [0, 0.05) is 25.1 Å². The Morgan fingerprint density at radius 2 is 1.69 bits per heavy atom. The highest BCUT2D eigenvalue weighted by Gasteiger charge is 2.00. The lowest BCUT2D eigenvalue weighted by Crippen LogP contribution is -2.27. The molecule has 2 amide bonds. The number of carbonyl (C=O) groups excluding carboxylic acids is 2. The molecule has 4 nitrogen and oxygen atoms in total. The van der Waals surface area contributed by atoms with Crippen molar-refractivity contribution < 1.29 is 9.59 Å². The molecule has 0 aromatic carbocycles. The Kier molecular flexibility index (Phi) is 8.21. The monoisotopic (exact) mass is 226 g/mol. The van der Waals surface area contributed by atoms with E-state index in [1.54, 1.807) is 6.92 Å². The van der Waals surface area contributed by atoms with Crippen molar-refractivity contribution in [3.05, 3.63) is 12.2 Å². The van der Waals surface area contributed by atoms with Gasteiger partial charge in [-0.1, -0.05) is 13.5 Å². The highest BCUT2D eigenvalue weighted by Crippen LogP contribution is 1.90. The smallest absolute Gasteiger partial charge is 0.246 e. The first-order valence-electron chi connectivity index (χ1n) is 5.78. The van der Waals surface area contributed by atoms with E-state index in [1.165, 1.54) is 0 Å². The molecule has 0 saturated heterocycles. The second kappa shape index (κ2) is 8.95. The average molecular weight is 226 g/mol. The highest BCUT2D eigenvalue weighted by atomic mass is 16.2. The Hall–Kier alpha value is -1.32. The number of carbonyl (C=O) groups is 2. The molecule has 0 aromatic rings. The van der Waals surface area contributed by atoms with Gasteiger partial charge in [0.1, 0.15) is 0 Å². The van der Waals surface area contributed by atoms with E-state index < -0.39 is 0 Å². The summed E-state index contributed by atoms with van der Waals surface area (Å²) in [5.74, 6) is 0.00323. The summed E-state index contributed by atoms with van der Waals surface area (Å²) in [4.78, 5) is 22.2. The van der Waals surface area contributed by atoms with Crippen LogP contribution in [0.2, 0.25) is 0 Å². The van der Waals surface area contributed by atoms with Crippen molar-refractivity contribution in [2.45, 2.75) is 39.5 Å². The van der Waals surface area contributed by atoms with E-state index in [2.05, 4.69) is 17.2 Å². The van der Waals surface area contributed by atoms with Crippen LogP contribution in [0.4, 0.5) is 0 Å². The van der Waals surface area contributed by atoms with Gasteiger partial charge in [0.2, 0.25) is 11.8 Å². The number of nitrogens with one attached hydrogen (secondary N) is 2. The number of hydrogen-bond donors (Lipinski definition) is 2. The van der Waals surface area contributed by atoms with E-state index in [-0.39, 0.29) is 11.8 Å². The molecule has 16 heavy (non-hydrogen) atoms. The third-order valence-electron chi connectivity index (χ3n) is 2.08.